The Bertz CT molecular complexity index is 861. The normalized spacial score (nSPS) is 19.0. The van der Waals surface area contributed by atoms with E-state index >= 15 is 0 Å². The van der Waals surface area contributed by atoms with Crippen molar-refractivity contribution in [1.29, 1.82) is 0 Å². The van der Waals surface area contributed by atoms with Crippen molar-refractivity contribution in [3.8, 4) is 0 Å². The summed E-state index contributed by atoms with van der Waals surface area (Å²) in [7, 11) is 0. The van der Waals surface area contributed by atoms with Crippen molar-refractivity contribution < 1.29 is 4.79 Å². The van der Waals surface area contributed by atoms with Crippen LogP contribution in [0.2, 0.25) is 0 Å². The lowest BCUT2D eigenvalue weighted by atomic mass is 9.64. The Hall–Kier alpha value is -2.32. The predicted octanol–water partition coefficient (Wildman–Crippen LogP) is 6.20. The average Bonchev–Trinajstić information content (AvgIpc) is 2.72. The van der Waals surface area contributed by atoms with Gasteiger partial charge >= 0.3 is 0 Å². The molecule has 0 amide bonds. The molecular weight excluding hydrogens is 348 g/mol. The topological polar surface area (TPSA) is 17.1 Å². The third-order valence-corrected chi connectivity index (χ3v) is 7.04. The van der Waals surface area contributed by atoms with E-state index in [4.69, 9.17) is 0 Å². The van der Waals surface area contributed by atoms with Crippen LogP contribution in [0.25, 0.3) is 0 Å². The first-order chi connectivity index (χ1) is 13.2. The number of Topliss-reactive ketones (excluding diaryl/α,β-unsaturated/α-hetero) is 1. The van der Waals surface area contributed by atoms with Crippen molar-refractivity contribution in [2.24, 2.45) is 0 Å². The smallest absolute Gasteiger partial charge is 0.134 e. The molecule has 1 aliphatic rings. The molecule has 3 aromatic rings. The summed E-state index contributed by atoms with van der Waals surface area (Å²) >= 11 is 1.85. The van der Waals surface area contributed by atoms with Gasteiger partial charge in [0.2, 0.25) is 0 Å². The Morgan fingerprint density at radius 2 is 1.37 bits per heavy atom. The lowest BCUT2D eigenvalue weighted by Gasteiger charge is -2.44. The predicted molar refractivity (Wildman–Crippen MR) is 113 cm³/mol. The Morgan fingerprint density at radius 1 is 0.815 bits per heavy atom. The maximum atomic E-state index is 12.5. The van der Waals surface area contributed by atoms with Gasteiger partial charge < -0.3 is 0 Å². The highest BCUT2D eigenvalue weighted by Crippen LogP contribution is 2.50. The van der Waals surface area contributed by atoms with Gasteiger partial charge in [0.1, 0.15) is 5.78 Å². The van der Waals surface area contributed by atoms with Gasteiger partial charge in [-0.15, -0.1) is 11.8 Å². The third-order valence-electron chi connectivity index (χ3n) is 5.64. The first-order valence-electron chi connectivity index (χ1n) is 9.54. The van der Waals surface area contributed by atoms with Crippen LogP contribution < -0.4 is 0 Å². The number of hydrogen-bond donors (Lipinski definition) is 0. The minimum atomic E-state index is -0.147. The van der Waals surface area contributed by atoms with Crippen molar-refractivity contribution in [2.45, 2.75) is 41.7 Å². The fraction of sp³-hybridized carbons (Fsp3) is 0.240. The Kier molecular flexibility index (Phi) is 5.18. The highest BCUT2D eigenvalue weighted by Gasteiger charge is 2.46. The van der Waals surface area contributed by atoms with E-state index in [1.807, 2.05) is 11.8 Å². The Morgan fingerprint density at radius 3 is 1.93 bits per heavy atom. The fourth-order valence-corrected chi connectivity index (χ4v) is 5.68. The van der Waals surface area contributed by atoms with Gasteiger partial charge in [0.25, 0.3) is 0 Å². The molecule has 0 aliphatic heterocycles. The van der Waals surface area contributed by atoms with Gasteiger partial charge in [0, 0.05) is 28.4 Å². The van der Waals surface area contributed by atoms with Crippen molar-refractivity contribution in [2.75, 3.05) is 0 Å². The molecule has 0 heterocycles. The van der Waals surface area contributed by atoms with E-state index in [0.29, 0.717) is 18.6 Å². The minimum absolute atomic E-state index is 0.147. The van der Waals surface area contributed by atoms with Crippen LogP contribution >= 0.6 is 11.8 Å². The van der Waals surface area contributed by atoms with Crippen LogP contribution in [0.3, 0.4) is 0 Å². The molecule has 1 fully saturated rings. The molecule has 27 heavy (non-hydrogen) atoms. The maximum Gasteiger partial charge on any atom is 0.134 e. The molecule has 0 N–H and O–H groups in total. The van der Waals surface area contributed by atoms with Gasteiger partial charge in [-0.05, 0) is 36.6 Å². The number of thioether (sulfide) groups is 1. The van der Waals surface area contributed by atoms with E-state index in [-0.39, 0.29) is 10.7 Å². The van der Waals surface area contributed by atoms with Gasteiger partial charge in [-0.3, -0.25) is 4.79 Å². The van der Waals surface area contributed by atoms with E-state index < -0.39 is 0 Å². The van der Waals surface area contributed by atoms with E-state index in [9.17, 15) is 4.79 Å². The van der Waals surface area contributed by atoms with Gasteiger partial charge in [-0.2, -0.15) is 0 Å². The Labute approximate surface area is 165 Å². The Balaban J connectivity index is 1.83. The summed E-state index contributed by atoms with van der Waals surface area (Å²) in [6.07, 6.45) is 2.13. The number of carbonyl (C=O) groups excluding carboxylic acids is 1. The second-order valence-corrected chi connectivity index (χ2v) is 8.64. The van der Waals surface area contributed by atoms with E-state index in [1.165, 1.54) is 21.6 Å². The zero-order valence-corrected chi connectivity index (χ0v) is 16.4. The number of carbonyl (C=O) groups is 1. The number of hydrogen-bond acceptors (Lipinski definition) is 2. The average molecular weight is 373 g/mol. The second kappa shape index (κ2) is 7.74. The van der Waals surface area contributed by atoms with Crippen molar-refractivity contribution in [3.63, 3.8) is 0 Å². The zero-order valence-electron chi connectivity index (χ0n) is 15.6. The number of rotatable bonds is 4. The largest absolute Gasteiger partial charge is 0.300 e. The molecule has 1 nitrogen and oxygen atoms in total. The molecule has 1 aliphatic carbocycles. The molecule has 3 aromatic carbocycles. The van der Waals surface area contributed by atoms with Crippen LogP contribution in [0.5, 0.6) is 0 Å². The fourth-order valence-electron chi connectivity index (χ4n) is 4.20. The van der Waals surface area contributed by atoms with Crippen LogP contribution in [0.1, 0.15) is 36.0 Å². The lowest BCUT2D eigenvalue weighted by Crippen LogP contribution is -2.44. The van der Waals surface area contributed by atoms with E-state index in [1.54, 1.807) is 0 Å². The molecule has 1 atom stereocenters. The highest BCUT2D eigenvalue weighted by molar-refractivity contribution is 8.00. The first kappa shape index (κ1) is 18.1. The van der Waals surface area contributed by atoms with Gasteiger partial charge in [-0.25, -0.2) is 0 Å². The van der Waals surface area contributed by atoms with Crippen molar-refractivity contribution >= 4 is 17.5 Å². The molecule has 0 aromatic heterocycles. The van der Waals surface area contributed by atoms with Crippen LogP contribution in [0, 0.1) is 6.92 Å². The minimum Gasteiger partial charge on any atom is -0.300 e. The van der Waals surface area contributed by atoms with Gasteiger partial charge in [-0.1, -0.05) is 78.4 Å². The molecule has 0 saturated heterocycles. The standard InChI is InChI=1S/C25H24OS/c1-19-12-14-23(15-13-19)27-24-18-22(26)16-17-25(24,20-8-4-2-5-9-20)21-10-6-3-7-11-21/h2-15,24H,16-18H2,1H3. The van der Waals surface area contributed by atoms with Crippen LogP contribution in [-0.2, 0) is 10.2 Å². The molecule has 1 unspecified atom stereocenters. The number of aryl methyl sites for hydroxylation is 1. The SMILES string of the molecule is Cc1ccc(SC2CC(=O)CCC2(c2ccccc2)c2ccccc2)cc1. The van der Waals surface area contributed by atoms with Crippen molar-refractivity contribution in [3.05, 3.63) is 102 Å². The molecule has 1 saturated carbocycles. The molecular formula is C25H24OS. The summed E-state index contributed by atoms with van der Waals surface area (Å²) in [6, 6.07) is 30.2. The maximum absolute atomic E-state index is 12.5. The summed E-state index contributed by atoms with van der Waals surface area (Å²) < 4.78 is 0. The summed E-state index contributed by atoms with van der Waals surface area (Å²) in [6.45, 7) is 2.11. The van der Waals surface area contributed by atoms with Crippen molar-refractivity contribution in [1.82, 2.24) is 0 Å². The summed E-state index contributed by atoms with van der Waals surface area (Å²) in [5, 5.41) is 0.186. The lowest BCUT2D eigenvalue weighted by molar-refractivity contribution is -0.120. The second-order valence-electron chi connectivity index (χ2n) is 7.37. The molecule has 0 spiro atoms. The van der Waals surface area contributed by atoms with Crippen LogP contribution in [-0.4, -0.2) is 11.0 Å². The molecule has 4 rings (SSSR count). The van der Waals surface area contributed by atoms with E-state index in [2.05, 4.69) is 91.9 Å². The summed E-state index contributed by atoms with van der Waals surface area (Å²) in [5.74, 6) is 0.377. The summed E-state index contributed by atoms with van der Waals surface area (Å²) in [5.41, 5.74) is 3.74. The molecule has 2 heteroatoms. The number of ketones is 1. The highest BCUT2D eigenvalue weighted by atomic mass is 32.2. The molecule has 136 valence electrons. The molecule has 0 radical (unpaired) electrons. The third kappa shape index (κ3) is 3.59. The summed E-state index contributed by atoms with van der Waals surface area (Å²) in [4.78, 5) is 13.7. The van der Waals surface area contributed by atoms with Crippen LogP contribution in [0.15, 0.2) is 89.8 Å². The molecule has 0 bridgehead atoms. The number of benzene rings is 3. The zero-order chi connectivity index (χ0) is 18.7. The van der Waals surface area contributed by atoms with Crippen LogP contribution in [0.4, 0.5) is 0 Å². The van der Waals surface area contributed by atoms with Gasteiger partial charge in [0.05, 0.1) is 0 Å². The van der Waals surface area contributed by atoms with Gasteiger partial charge in [0.15, 0.2) is 0 Å². The monoisotopic (exact) mass is 372 g/mol. The quantitative estimate of drug-likeness (QED) is 0.543. The van der Waals surface area contributed by atoms with E-state index in [0.717, 1.165) is 6.42 Å². The first-order valence-corrected chi connectivity index (χ1v) is 10.4.